The molecule has 2 N–H and O–H groups in total. The van der Waals surface area contributed by atoms with Crippen LogP contribution in [0, 0.1) is 5.92 Å². The van der Waals surface area contributed by atoms with E-state index in [0.717, 1.165) is 25.9 Å². The van der Waals surface area contributed by atoms with Crippen LogP contribution >= 0.6 is 0 Å². The summed E-state index contributed by atoms with van der Waals surface area (Å²) in [7, 11) is 0. The molecule has 0 aliphatic heterocycles. The van der Waals surface area contributed by atoms with Crippen molar-refractivity contribution in [2.75, 3.05) is 26.3 Å². The Morgan fingerprint density at radius 3 is 2.60 bits per heavy atom. The number of nitrogens with one attached hydrogen (secondary N) is 1. The highest BCUT2D eigenvalue weighted by atomic mass is 16.5. The van der Waals surface area contributed by atoms with E-state index in [9.17, 15) is 4.79 Å². The van der Waals surface area contributed by atoms with Crippen LogP contribution in [0.25, 0.3) is 0 Å². The average molecular weight is 217 g/mol. The van der Waals surface area contributed by atoms with Gasteiger partial charge in [-0.3, -0.25) is 4.79 Å². The summed E-state index contributed by atoms with van der Waals surface area (Å²) < 4.78 is 5.02. The summed E-state index contributed by atoms with van der Waals surface area (Å²) in [6.07, 6.45) is 2.03. The standard InChI is InChI=1S/C11H23NO3/c1-10(2)9-15-11(14)5-3-6-12-7-4-8-13/h10,12-13H,3-9H2,1-2H3. The Morgan fingerprint density at radius 1 is 1.33 bits per heavy atom. The highest BCUT2D eigenvalue weighted by Gasteiger charge is 2.03. The van der Waals surface area contributed by atoms with Gasteiger partial charge in [-0.2, -0.15) is 0 Å². The molecule has 0 aliphatic rings. The fourth-order valence-corrected chi connectivity index (χ4v) is 1.02. The van der Waals surface area contributed by atoms with Crippen LogP contribution in [0.1, 0.15) is 33.1 Å². The Hall–Kier alpha value is -0.610. The van der Waals surface area contributed by atoms with Crippen LogP contribution in [-0.2, 0) is 9.53 Å². The van der Waals surface area contributed by atoms with Crippen LogP contribution in [0.3, 0.4) is 0 Å². The molecule has 0 spiro atoms. The van der Waals surface area contributed by atoms with Crippen molar-refractivity contribution in [3.8, 4) is 0 Å². The normalized spacial score (nSPS) is 10.7. The molecule has 0 heterocycles. The lowest BCUT2D eigenvalue weighted by molar-refractivity contribution is -0.144. The van der Waals surface area contributed by atoms with Crippen molar-refractivity contribution in [2.45, 2.75) is 33.1 Å². The van der Waals surface area contributed by atoms with E-state index in [0.29, 0.717) is 18.9 Å². The number of rotatable bonds is 9. The van der Waals surface area contributed by atoms with Crippen molar-refractivity contribution in [2.24, 2.45) is 5.92 Å². The van der Waals surface area contributed by atoms with E-state index in [-0.39, 0.29) is 12.6 Å². The van der Waals surface area contributed by atoms with Gasteiger partial charge in [-0.25, -0.2) is 0 Å². The summed E-state index contributed by atoms with van der Waals surface area (Å²) in [4.78, 5) is 11.1. The predicted octanol–water partition coefficient (Wildman–Crippen LogP) is 0.938. The molecule has 0 bridgehead atoms. The highest BCUT2D eigenvalue weighted by molar-refractivity contribution is 5.69. The second kappa shape index (κ2) is 9.93. The van der Waals surface area contributed by atoms with Crippen molar-refractivity contribution in [1.29, 1.82) is 0 Å². The topological polar surface area (TPSA) is 58.6 Å². The maximum Gasteiger partial charge on any atom is 0.305 e. The Bertz CT molecular complexity index is 160. The fourth-order valence-electron chi connectivity index (χ4n) is 1.02. The number of hydrogen-bond acceptors (Lipinski definition) is 4. The molecule has 0 atom stereocenters. The minimum Gasteiger partial charge on any atom is -0.465 e. The van der Waals surface area contributed by atoms with Gasteiger partial charge in [0.05, 0.1) is 6.61 Å². The average Bonchev–Trinajstić information content (AvgIpc) is 2.20. The number of aliphatic hydroxyl groups is 1. The first-order valence-electron chi connectivity index (χ1n) is 5.64. The van der Waals surface area contributed by atoms with Gasteiger partial charge in [0.2, 0.25) is 0 Å². The zero-order valence-electron chi connectivity index (χ0n) is 9.79. The lowest BCUT2D eigenvalue weighted by Crippen LogP contribution is -2.19. The Balaban J connectivity index is 3.17. The summed E-state index contributed by atoms with van der Waals surface area (Å²) in [5, 5.41) is 11.7. The van der Waals surface area contributed by atoms with Crippen molar-refractivity contribution >= 4 is 5.97 Å². The summed E-state index contributed by atoms with van der Waals surface area (Å²) in [5.41, 5.74) is 0. The zero-order valence-corrected chi connectivity index (χ0v) is 9.79. The second-order valence-corrected chi connectivity index (χ2v) is 4.01. The second-order valence-electron chi connectivity index (χ2n) is 4.01. The zero-order chi connectivity index (χ0) is 11.5. The van der Waals surface area contributed by atoms with E-state index < -0.39 is 0 Å². The number of aliphatic hydroxyl groups excluding tert-OH is 1. The molecule has 0 rings (SSSR count). The predicted molar refractivity (Wildman–Crippen MR) is 59.6 cm³/mol. The van der Waals surface area contributed by atoms with E-state index in [1.54, 1.807) is 0 Å². The van der Waals surface area contributed by atoms with Crippen molar-refractivity contribution in [3.63, 3.8) is 0 Å². The minimum absolute atomic E-state index is 0.118. The first-order valence-corrected chi connectivity index (χ1v) is 5.64. The monoisotopic (exact) mass is 217 g/mol. The molecule has 4 nitrogen and oxygen atoms in total. The number of carbonyl (C=O) groups excluding carboxylic acids is 1. The maximum atomic E-state index is 11.1. The van der Waals surface area contributed by atoms with E-state index in [1.807, 2.05) is 13.8 Å². The molecule has 90 valence electrons. The van der Waals surface area contributed by atoms with Crippen molar-refractivity contribution in [1.82, 2.24) is 5.32 Å². The van der Waals surface area contributed by atoms with E-state index >= 15 is 0 Å². The van der Waals surface area contributed by atoms with Crippen LogP contribution in [0.2, 0.25) is 0 Å². The van der Waals surface area contributed by atoms with Gasteiger partial charge in [0.15, 0.2) is 0 Å². The van der Waals surface area contributed by atoms with Gasteiger partial charge in [0.1, 0.15) is 0 Å². The molecule has 0 aliphatic carbocycles. The summed E-state index contributed by atoms with van der Waals surface area (Å²) in [6, 6.07) is 0. The maximum absolute atomic E-state index is 11.1. The van der Waals surface area contributed by atoms with Gasteiger partial charge >= 0.3 is 5.97 Å². The minimum atomic E-state index is -0.118. The van der Waals surface area contributed by atoms with Crippen LogP contribution in [0.4, 0.5) is 0 Å². The molecule has 0 radical (unpaired) electrons. The summed E-state index contributed by atoms with van der Waals surface area (Å²) in [6.45, 7) is 6.36. The molecule has 0 fully saturated rings. The lowest BCUT2D eigenvalue weighted by Gasteiger charge is -2.07. The van der Waals surface area contributed by atoms with Gasteiger partial charge in [0, 0.05) is 13.0 Å². The molecule has 0 unspecified atom stereocenters. The summed E-state index contributed by atoms with van der Waals surface area (Å²) in [5.74, 6) is 0.282. The van der Waals surface area contributed by atoms with E-state index in [1.165, 1.54) is 0 Å². The Morgan fingerprint density at radius 2 is 2.00 bits per heavy atom. The third-order valence-corrected chi connectivity index (χ3v) is 1.82. The first kappa shape index (κ1) is 14.4. The molecule has 0 aromatic rings. The third-order valence-electron chi connectivity index (χ3n) is 1.82. The number of ether oxygens (including phenoxy) is 1. The SMILES string of the molecule is CC(C)COC(=O)CCCNCCCO. The number of carbonyl (C=O) groups is 1. The molecule has 0 amide bonds. The molecule has 0 aromatic carbocycles. The smallest absolute Gasteiger partial charge is 0.305 e. The van der Waals surface area contributed by atoms with Crippen LogP contribution < -0.4 is 5.32 Å². The van der Waals surface area contributed by atoms with Gasteiger partial charge in [-0.15, -0.1) is 0 Å². The van der Waals surface area contributed by atoms with Crippen molar-refractivity contribution < 1.29 is 14.6 Å². The van der Waals surface area contributed by atoms with E-state index in [4.69, 9.17) is 9.84 Å². The van der Waals surface area contributed by atoms with E-state index in [2.05, 4.69) is 5.32 Å². The Kier molecular flexibility index (Phi) is 9.52. The summed E-state index contributed by atoms with van der Waals surface area (Å²) >= 11 is 0. The van der Waals surface area contributed by atoms with Crippen molar-refractivity contribution in [3.05, 3.63) is 0 Å². The number of hydrogen-bond donors (Lipinski definition) is 2. The quantitative estimate of drug-likeness (QED) is 0.446. The lowest BCUT2D eigenvalue weighted by atomic mass is 10.2. The van der Waals surface area contributed by atoms with Crippen LogP contribution in [-0.4, -0.2) is 37.4 Å². The molecule has 0 saturated heterocycles. The largest absolute Gasteiger partial charge is 0.465 e. The van der Waals surface area contributed by atoms with Crippen LogP contribution in [0.5, 0.6) is 0 Å². The van der Waals surface area contributed by atoms with Gasteiger partial charge in [0.25, 0.3) is 0 Å². The third kappa shape index (κ3) is 11.3. The molecule has 15 heavy (non-hydrogen) atoms. The Labute approximate surface area is 92.0 Å². The number of esters is 1. The molecular formula is C11H23NO3. The van der Waals surface area contributed by atoms with Gasteiger partial charge in [-0.05, 0) is 31.8 Å². The molecule has 4 heteroatoms. The first-order chi connectivity index (χ1) is 7.16. The fraction of sp³-hybridized carbons (Fsp3) is 0.909. The van der Waals surface area contributed by atoms with Gasteiger partial charge in [-0.1, -0.05) is 13.8 Å². The molecule has 0 saturated carbocycles. The molecule has 0 aromatic heterocycles. The highest BCUT2D eigenvalue weighted by Crippen LogP contribution is 1.97. The van der Waals surface area contributed by atoms with Crippen LogP contribution in [0.15, 0.2) is 0 Å². The molecular weight excluding hydrogens is 194 g/mol. The van der Waals surface area contributed by atoms with Gasteiger partial charge < -0.3 is 15.2 Å².